The largest absolute Gasteiger partial charge is 0.306 e. The Hall–Kier alpha value is -2.62. The number of hydrogen-bond acceptors (Lipinski definition) is 5. The van der Waals surface area contributed by atoms with Gasteiger partial charge in [0.05, 0.1) is 16.4 Å². The van der Waals surface area contributed by atoms with Crippen LogP contribution in [0.3, 0.4) is 0 Å². The topological polar surface area (TPSA) is 111 Å². The highest BCUT2D eigenvalue weighted by molar-refractivity contribution is 7.78. The first-order valence-corrected chi connectivity index (χ1v) is 8.61. The molecule has 0 saturated heterocycles. The van der Waals surface area contributed by atoms with Crippen LogP contribution in [-0.4, -0.2) is 28.2 Å². The van der Waals surface area contributed by atoms with Gasteiger partial charge in [-0.15, -0.1) is 0 Å². The van der Waals surface area contributed by atoms with E-state index in [1.54, 1.807) is 28.8 Å². The average molecular weight is 379 g/mol. The Morgan fingerprint density at radius 1 is 1.20 bits per heavy atom. The summed E-state index contributed by atoms with van der Waals surface area (Å²) in [6, 6.07) is 9.30. The molecule has 0 radical (unpaired) electrons. The molecule has 3 aromatic rings. The van der Waals surface area contributed by atoms with Gasteiger partial charge in [0.1, 0.15) is 12.1 Å². The van der Waals surface area contributed by atoms with E-state index in [1.165, 1.54) is 24.7 Å². The molecule has 3 rings (SSSR count). The van der Waals surface area contributed by atoms with E-state index in [9.17, 15) is 14.3 Å². The third-order valence-electron chi connectivity index (χ3n) is 3.42. The van der Waals surface area contributed by atoms with E-state index >= 15 is 0 Å². The second-order valence-electron chi connectivity index (χ2n) is 5.05. The highest BCUT2D eigenvalue weighted by atomic mass is 35.5. The summed E-state index contributed by atoms with van der Waals surface area (Å²) in [5, 5.41) is 11.0. The number of nitro groups is 1. The fourth-order valence-electron chi connectivity index (χ4n) is 2.29. The van der Waals surface area contributed by atoms with E-state index in [2.05, 4.69) is 9.97 Å². The lowest BCUT2D eigenvalue weighted by Crippen LogP contribution is -2.00. The van der Waals surface area contributed by atoms with Crippen LogP contribution in [0.4, 0.5) is 5.69 Å². The van der Waals surface area contributed by atoms with Gasteiger partial charge in [-0.2, -0.15) is 0 Å². The first-order chi connectivity index (χ1) is 12.0. The fourth-order valence-corrected chi connectivity index (χ4v) is 2.99. The number of imidazole rings is 1. The molecule has 1 unspecified atom stereocenters. The molecule has 2 heterocycles. The van der Waals surface area contributed by atoms with Crippen molar-refractivity contribution < 1.29 is 13.7 Å². The highest BCUT2D eigenvalue weighted by Gasteiger charge is 2.15. The molecule has 1 N–H and O–H groups in total. The van der Waals surface area contributed by atoms with Gasteiger partial charge >= 0.3 is 0 Å². The first-order valence-electron chi connectivity index (χ1n) is 6.96. The molecule has 2 aromatic heterocycles. The van der Waals surface area contributed by atoms with E-state index in [0.717, 1.165) is 0 Å². The van der Waals surface area contributed by atoms with E-state index in [4.69, 9.17) is 16.2 Å². The zero-order chi connectivity index (χ0) is 18.0. The number of halogens is 1. The number of benzene rings is 1. The lowest BCUT2D eigenvalue weighted by molar-refractivity contribution is -0.384. The molecular weight excluding hydrogens is 368 g/mol. The number of pyridine rings is 1. The molecule has 128 valence electrons. The zero-order valence-corrected chi connectivity index (χ0v) is 14.1. The normalized spacial score (nSPS) is 12.1. The van der Waals surface area contributed by atoms with Gasteiger partial charge in [-0.05, 0) is 23.8 Å². The number of aromatic nitrogens is 3. The molecule has 0 bridgehead atoms. The van der Waals surface area contributed by atoms with Gasteiger partial charge in [0.2, 0.25) is 0 Å². The molecule has 0 spiro atoms. The Labute approximate surface area is 149 Å². The minimum absolute atomic E-state index is 0.00677. The first kappa shape index (κ1) is 17.2. The Kier molecular flexibility index (Phi) is 4.88. The van der Waals surface area contributed by atoms with Crippen molar-refractivity contribution in [2.45, 2.75) is 5.75 Å². The molecule has 0 amide bonds. The van der Waals surface area contributed by atoms with Gasteiger partial charge in [-0.1, -0.05) is 17.7 Å². The number of nitro benzene ring substituents is 1. The van der Waals surface area contributed by atoms with E-state index in [0.29, 0.717) is 22.6 Å². The van der Waals surface area contributed by atoms with Crippen LogP contribution in [0.15, 0.2) is 48.9 Å². The summed E-state index contributed by atoms with van der Waals surface area (Å²) < 4.78 is 21.4. The molecule has 1 atom stereocenters. The highest BCUT2D eigenvalue weighted by Crippen LogP contribution is 2.30. The summed E-state index contributed by atoms with van der Waals surface area (Å²) in [7, 11) is 0. The maximum absolute atomic E-state index is 10.8. The lowest BCUT2D eigenvalue weighted by atomic mass is 10.1. The predicted octanol–water partition coefficient (Wildman–Crippen LogP) is 3.22. The molecule has 0 saturated carbocycles. The smallest absolute Gasteiger partial charge is 0.269 e. The molecule has 0 aliphatic carbocycles. The van der Waals surface area contributed by atoms with Crippen LogP contribution < -0.4 is 0 Å². The van der Waals surface area contributed by atoms with Crippen molar-refractivity contribution in [3.8, 4) is 17.1 Å². The number of non-ortho nitro benzene ring substituents is 1. The van der Waals surface area contributed by atoms with Gasteiger partial charge < -0.3 is 4.55 Å². The lowest BCUT2D eigenvalue weighted by Gasteiger charge is -2.08. The van der Waals surface area contributed by atoms with Crippen molar-refractivity contribution in [2.24, 2.45) is 0 Å². The molecule has 25 heavy (non-hydrogen) atoms. The van der Waals surface area contributed by atoms with Crippen molar-refractivity contribution in [3.63, 3.8) is 0 Å². The minimum atomic E-state index is -1.94. The minimum Gasteiger partial charge on any atom is -0.306 e. The van der Waals surface area contributed by atoms with Gasteiger partial charge in [-0.3, -0.25) is 14.7 Å². The summed E-state index contributed by atoms with van der Waals surface area (Å²) in [4.78, 5) is 18.6. The predicted molar refractivity (Wildman–Crippen MR) is 92.9 cm³/mol. The standard InChI is InChI=1S/C15H11ClN4O4S/c16-15-14(11-2-4-12(5-3-11)20(21)22)19(9-18-15)13-6-1-10(7-17-13)8-25(23)24/h1-7,9H,8H2,(H,23,24). The fraction of sp³-hybridized carbons (Fsp3) is 0.0667. The van der Waals surface area contributed by atoms with Crippen LogP contribution in [0.25, 0.3) is 17.1 Å². The molecule has 10 heteroatoms. The molecule has 0 aliphatic rings. The van der Waals surface area contributed by atoms with Gasteiger partial charge in [0.15, 0.2) is 16.2 Å². The average Bonchev–Trinajstić information content (AvgIpc) is 2.96. The van der Waals surface area contributed by atoms with Gasteiger partial charge in [-0.25, -0.2) is 14.2 Å². The van der Waals surface area contributed by atoms with Crippen molar-refractivity contribution >= 4 is 28.4 Å². The van der Waals surface area contributed by atoms with E-state index in [1.807, 2.05) is 0 Å². The van der Waals surface area contributed by atoms with Gasteiger partial charge in [0.25, 0.3) is 5.69 Å². The Bertz CT molecular complexity index is 941. The van der Waals surface area contributed by atoms with Crippen LogP contribution >= 0.6 is 11.6 Å². The van der Waals surface area contributed by atoms with Crippen molar-refractivity contribution in [1.29, 1.82) is 0 Å². The molecular formula is C15H11ClN4O4S. The Morgan fingerprint density at radius 2 is 1.92 bits per heavy atom. The van der Waals surface area contributed by atoms with Crippen LogP contribution in [0.2, 0.25) is 5.15 Å². The van der Waals surface area contributed by atoms with Crippen LogP contribution in [0.5, 0.6) is 0 Å². The number of nitrogens with zero attached hydrogens (tertiary/aromatic N) is 4. The molecule has 8 nitrogen and oxygen atoms in total. The van der Waals surface area contributed by atoms with E-state index in [-0.39, 0.29) is 16.6 Å². The van der Waals surface area contributed by atoms with E-state index < -0.39 is 16.0 Å². The van der Waals surface area contributed by atoms with Crippen molar-refractivity contribution in [3.05, 3.63) is 69.8 Å². The summed E-state index contributed by atoms with van der Waals surface area (Å²) in [6.45, 7) is 0. The van der Waals surface area contributed by atoms with Crippen LogP contribution in [-0.2, 0) is 16.8 Å². The monoisotopic (exact) mass is 378 g/mol. The van der Waals surface area contributed by atoms with Gasteiger partial charge in [0, 0.05) is 23.9 Å². The van der Waals surface area contributed by atoms with Crippen LogP contribution in [0, 0.1) is 10.1 Å². The quantitative estimate of drug-likeness (QED) is 0.414. The Morgan fingerprint density at radius 3 is 2.48 bits per heavy atom. The van der Waals surface area contributed by atoms with Crippen molar-refractivity contribution in [2.75, 3.05) is 0 Å². The summed E-state index contributed by atoms with van der Waals surface area (Å²) in [5.74, 6) is 0.507. The zero-order valence-electron chi connectivity index (χ0n) is 12.6. The molecule has 0 aliphatic heterocycles. The Balaban J connectivity index is 1.99. The third kappa shape index (κ3) is 3.73. The summed E-state index contributed by atoms with van der Waals surface area (Å²) in [5.41, 5.74) is 1.79. The second kappa shape index (κ2) is 7.09. The maximum Gasteiger partial charge on any atom is 0.269 e. The summed E-state index contributed by atoms with van der Waals surface area (Å²) >= 11 is 4.23. The van der Waals surface area contributed by atoms with Crippen LogP contribution in [0.1, 0.15) is 5.56 Å². The maximum atomic E-state index is 10.8. The molecule has 0 fully saturated rings. The van der Waals surface area contributed by atoms with Crippen molar-refractivity contribution in [1.82, 2.24) is 14.5 Å². The third-order valence-corrected chi connectivity index (χ3v) is 4.28. The number of hydrogen-bond donors (Lipinski definition) is 1. The summed E-state index contributed by atoms with van der Waals surface area (Å²) in [6.07, 6.45) is 2.99. The number of rotatable bonds is 5. The molecule has 1 aromatic carbocycles. The SMILES string of the molecule is O=[N+]([O-])c1ccc(-c2c(Cl)ncn2-c2ccc(CS(=O)O)cn2)cc1. The second-order valence-corrected chi connectivity index (χ2v) is 6.34.